The number of nitrogens with two attached hydrogens (primary N) is 1. The summed E-state index contributed by atoms with van der Waals surface area (Å²) in [6.07, 6.45) is 4.52. The van der Waals surface area contributed by atoms with E-state index < -0.39 is 0 Å². The zero-order valence-electron chi connectivity index (χ0n) is 12.5. The third-order valence-electron chi connectivity index (χ3n) is 4.84. The van der Waals surface area contributed by atoms with Crippen molar-refractivity contribution >= 4 is 17.2 Å². The van der Waals surface area contributed by atoms with Crippen molar-refractivity contribution in [2.24, 2.45) is 11.7 Å². The van der Waals surface area contributed by atoms with Crippen LogP contribution in [0.5, 0.6) is 0 Å². The van der Waals surface area contributed by atoms with Crippen LogP contribution in [0.1, 0.15) is 36.6 Å². The minimum atomic E-state index is 0.303. The van der Waals surface area contributed by atoms with E-state index in [9.17, 15) is 4.79 Å². The van der Waals surface area contributed by atoms with Gasteiger partial charge in [0.2, 0.25) is 5.91 Å². The normalized spacial score (nSPS) is 24.6. The van der Waals surface area contributed by atoms with Crippen molar-refractivity contribution in [3.8, 4) is 0 Å². The van der Waals surface area contributed by atoms with Crippen LogP contribution in [0.4, 0.5) is 0 Å². The molecule has 3 rings (SSSR count). The van der Waals surface area contributed by atoms with Crippen LogP contribution in [0.15, 0.2) is 17.5 Å². The zero-order valence-corrected chi connectivity index (χ0v) is 13.4. The van der Waals surface area contributed by atoms with Crippen molar-refractivity contribution in [1.29, 1.82) is 0 Å². The number of carbonyl (C=O) groups is 1. The second kappa shape index (κ2) is 6.90. The molecule has 0 spiro atoms. The van der Waals surface area contributed by atoms with Crippen LogP contribution in [0, 0.1) is 5.92 Å². The Balaban J connectivity index is 1.55. The fourth-order valence-corrected chi connectivity index (χ4v) is 4.38. The Morgan fingerprint density at radius 2 is 2.10 bits per heavy atom. The van der Waals surface area contributed by atoms with Gasteiger partial charge in [0.15, 0.2) is 0 Å². The van der Waals surface area contributed by atoms with Gasteiger partial charge in [-0.25, -0.2) is 0 Å². The molecule has 21 heavy (non-hydrogen) atoms. The molecule has 3 heterocycles. The van der Waals surface area contributed by atoms with Gasteiger partial charge in [0.05, 0.1) is 12.6 Å². The first-order valence-corrected chi connectivity index (χ1v) is 8.91. The largest absolute Gasteiger partial charge is 0.334 e. The molecule has 1 aromatic rings. The molecule has 1 aromatic heterocycles. The van der Waals surface area contributed by atoms with E-state index in [4.69, 9.17) is 5.73 Å². The predicted octanol–water partition coefficient (Wildman–Crippen LogP) is 2.08. The molecule has 0 saturated carbocycles. The molecule has 2 N–H and O–H groups in total. The average molecular weight is 307 g/mol. The first kappa shape index (κ1) is 15.0. The lowest BCUT2D eigenvalue weighted by Crippen LogP contribution is -2.43. The number of piperidine rings is 1. The topological polar surface area (TPSA) is 49.6 Å². The molecule has 2 fully saturated rings. The Kier molecular flexibility index (Phi) is 4.93. The van der Waals surface area contributed by atoms with Gasteiger partial charge in [-0.15, -0.1) is 11.3 Å². The van der Waals surface area contributed by atoms with Crippen molar-refractivity contribution in [3.63, 3.8) is 0 Å². The highest BCUT2D eigenvalue weighted by molar-refractivity contribution is 7.10. The van der Waals surface area contributed by atoms with Crippen molar-refractivity contribution in [2.75, 3.05) is 32.7 Å². The van der Waals surface area contributed by atoms with E-state index in [1.165, 1.54) is 4.88 Å². The Labute approximate surface area is 130 Å². The van der Waals surface area contributed by atoms with Gasteiger partial charge in [-0.3, -0.25) is 9.69 Å². The highest BCUT2D eigenvalue weighted by atomic mass is 32.1. The smallest absolute Gasteiger partial charge is 0.237 e. The van der Waals surface area contributed by atoms with E-state index in [0.29, 0.717) is 24.4 Å². The van der Waals surface area contributed by atoms with Gasteiger partial charge in [0, 0.05) is 11.4 Å². The monoisotopic (exact) mass is 307 g/mol. The molecular weight excluding hydrogens is 282 g/mol. The third kappa shape index (κ3) is 3.47. The Morgan fingerprint density at radius 1 is 1.29 bits per heavy atom. The molecule has 4 nitrogen and oxygen atoms in total. The highest BCUT2D eigenvalue weighted by Crippen LogP contribution is 2.34. The molecule has 1 unspecified atom stereocenters. The average Bonchev–Trinajstić information content (AvgIpc) is 3.18. The lowest BCUT2D eigenvalue weighted by Gasteiger charge is -2.33. The van der Waals surface area contributed by atoms with Gasteiger partial charge < -0.3 is 10.6 Å². The van der Waals surface area contributed by atoms with Gasteiger partial charge in [0.25, 0.3) is 0 Å². The zero-order chi connectivity index (χ0) is 14.7. The summed E-state index contributed by atoms with van der Waals surface area (Å²) in [6.45, 7) is 4.32. The molecule has 116 valence electrons. The summed E-state index contributed by atoms with van der Waals surface area (Å²) in [5.41, 5.74) is 5.73. The number of thiophene rings is 1. The quantitative estimate of drug-likeness (QED) is 0.926. The van der Waals surface area contributed by atoms with Crippen molar-refractivity contribution in [2.45, 2.75) is 31.7 Å². The standard InChI is InChI=1S/C16H25N3OS/c17-11-13-5-8-18(9-6-13)12-16(20)19-7-1-3-14(19)15-4-2-10-21-15/h2,4,10,13-14H,1,3,5-9,11-12,17H2. The number of amides is 1. The second-order valence-electron chi connectivity index (χ2n) is 6.22. The first-order chi connectivity index (χ1) is 10.3. The van der Waals surface area contributed by atoms with E-state index >= 15 is 0 Å². The maximum Gasteiger partial charge on any atom is 0.237 e. The van der Waals surface area contributed by atoms with E-state index in [-0.39, 0.29) is 0 Å². The highest BCUT2D eigenvalue weighted by Gasteiger charge is 2.31. The van der Waals surface area contributed by atoms with Crippen LogP contribution >= 0.6 is 11.3 Å². The fourth-order valence-electron chi connectivity index (χ4n) is 3.50. The van der Waals surface area contributed by atoms with Gasteiger partial charge in [-0.1, -0.05) is 6.07 Å². The SMILES string of the molecule is NCC1CCN(CC(=O)N2CCCC2c2cccs2)CC1. The Bertz CT molecular complexity index is 454. The van der Waals surface area contributed by atoms with Gasteiger partial charge in [-0.05, 0) is 62.7 Å². The minimum Gasteiger partial charge on any atom is -0.334 e. The maximum atomic E-state index is 12.6. The Hall–Kier alpha value is -0.910. The number of carbonyl (C=O) groups excluding carboxylic acids is 1. The van der Waals surface area contributed by atoms with Crippen LogP contribution in [0.25, 0.3) is 0 Å². The minimum absolute atomic E-state index is 0.303. The summed E-state index contributed by atoms with van der Waals surface area (Å²) in [4.78, 5) is 18.4. The number of hydrogen-bond acceptors (Lipinski definition) is 4. The maximum absolute atomic E-state index is 12.6. The number of likely N-dealkylation sites (tertiary alicyclic amines) is 2. The summed E-state index contributed by atoms with van der Waals surface area (Å²) in [5.74, 6) is 0.958. The summed E-state index contributed by atoms with van der Waals surface area (Å²) < 4.78 is 0. The molecule has 2 aliphatic heterocycles. The van der Waals surface area contributed by atoms with Crippen LogP contribution in [0.2, 0.25) is 0 Å². The molecule has 2 aliphatic rings. The number of hydrogen-bond donors (Lipinski definition) is 1. The molecule has 0 bridgehead atoms. The predicted molar refractivity (Wildman–Crippen MR) is 86.2 cm³/mol. The molecule has 1 atom stereocenters. The Morgan fingerprint density at radius 3 is 2.76 bits per heavy atom. The van der Waals surface area contributed by atoms with E-state index in [0.717, 1.165) is 51.9 Å². The summed E-state index contributed by atoms with van der Waals surface area (Å²) >= 11 is 1.77. The molecule has 1 amide bonds. The lowest BCUT2D eigenvalue weighted by molar-refractivity contribution is -0.133. The van der Waals surface area contributed by atoms with Crippen LogP contribution < -0.4 is 5.73 Å². The molecule has 5 heteroatoms. The summed E-state index contributed by atoms with van der Waals surface area (Å²) in [6, 6.07) is 4.56. The van der Waals surface area contributed by atoms with Crippen molar-refractivity contribution in [3.05, 3.63) is 22.4 Å². The lowest BCUT2D eigenvalue weighted by atomic mass is 9.97. The van der Waals surface area contributed by atoms with E-state index in [1.807, 2.05) is 0 Å². The van der Waals surface area contributed by atoms with E-state index in [1.54, 1.807) is 11.3 Å². The van der Waals surface area contributed by atoms with Crippen molar-refractivity contribution in [1.82, 2.24) is 9.80 Å². The van der Waals surface area contributed by atoms with Gasteiger partial charge in [-0.2, -0.15) is 0 Å². The first-order valence-electron chi connectivity index (χ1n) is 8.03. The summed E-state index contributed by atoms with van der Waals surface area (Å²) in [5, 5.41) is 2.11. The number of rotatable bonds is 4. The molecule has 0 aromatic carbocycles. The molecular formula is C16H25N3OS. The number of nitrogens with zero attached hydrogens (tertiary/aromatic N) is 2. The van der Waals surface area contributed by atoms with E-state index in [2.05, 4.69) is 27.3 Å². The van der Waals surface area contributed by atoms with Gasteiger partial charge >= 0.3 is 0 Å². The van der Waals surface area contributed by atoms with Crippen LogP contribution in [0.3, 0.4) is 0 Å². The van der Waals surface area contributed by atoms with Crippen LogP contribution in [-0.4, -0.2) is 48.4 Å². The molecule has 0 radical (unpaired) electrons. The van der Waals surface area contributed by atoms with Gasteiger partial charge in [0.1, 0.15) is 0 Å². The van der Waals surface area contributed by atoms with Crippen molar-refractivity contribution < 1.29 is 4.79 Å². The molecule has 2 saturated heterocycles. The van der Waals surface area contributed by atoms with Crippen LogP contribution in [-0.2, 0) is 4.79 Å². The summed E-state index contributed by atoms with van der Waals surface area (Å²) in [7, 11) is 0. The third-order valence-corrected chi connectivity index (χ3v) is 5.82. The fraction of sp³-hybridized carbons (Fsp3) is 0.688. The second-order valence-corrected chi connectivity index (χ2v) is 7.20. The molecule has 0 aliphatic carbocycles.